The van der Waals surface area contributed by atoms with Gasteiger partial charge in [0.25, 0.3) is 5.56 Å². The molecule has 0 aliphatic rings. The minimum Gasteiger partial charge on any atom is -0.315 e. The Morgan fingerprint density at radius 1 is 0.867 bits per heavy atom. The summed E-state index contributed by atoms with van der Waals surface area (Å²) >= 11 is 0. The molecule has 0 radical (unpaired) electrons. The molecular formula is C25H18FN3O. The summed E-state index contributed by atoms with van der Waals surface area (Å²) in [5.41, 5.74) is 2.91. The van der Waals surface area contributed by atoms with Gasteiger partial charge in [-0.05, 0) is 46.8 Å². The third-order valence-corrected chi connectivity index (χ3v) is 5.33. The van der Waals surface area contributed by atoms with Crippen LogP contribution in [0.5, 0.6) is 0 Å². The van der Waals surface area contributed by atoms with Crippen molar-refractivity contribution in [2.45, 2.75) is 13.0 Å². The zero-order chi connectivity index (χ0) is 20.5. The summed E-state index contributed by atoms with van der Waals surface area (Å²) in [6.45, 7) is 0.465. The van der Waals surface area contributed by atoms with Crippen molar-refractivity contribution in [3.63, 3.8) is 0 Å². The van der Waals surface area contributed by atoms with Gasteiger partial charge in [0.1, 0.15) is 11.3 Å². The number of para-hydroxylation sites is 1. The highest BCUT2D eigenvalue weighted by Gasteiger charge is 2.10. The largest absolute Gasteiger partial charge is 0.315 e. The van der Waals surface area contributed by atoms with E-state index in [0.717, 1.165) is 27.6 Å². The second kappa shape index (κ2) is 7.52. The third kappa shape index (κ3) is 3.24. The molecule has 0 unspecified atom stereocenters. The lowest BCUT2D eigenvalue weighted by molar-refractivity contribution is 0.634. The molecule has 30 heavy (non-hydrogen) atoms. The Bertz CT molecular complexity index is 1430. The number of aromatic nitrogens is 3. The van der Waals surface area contributed by atoms with E-state index in [4.69, 9.17) is 0 Å². The smallest absolute Gasteiger partial charge is 0.259 e. The molecule has 3 heterocycles. The molecule has 2 aromatic carbocycles. The van der Waals surface area contributed by atoms with Gasteiger partial charge in [0.2, 0.25) is 0 Å². The minimum atomic E-state index is -0.334. The molecule has 0 atom stereocenters. The molecule has 146 valence electrons. The quantitative estimate of drug-likeness (QED) is 0.431. The predicted octanol–water partition coefficient (Wildman–Crippen LogP) is 4.99. The van der Waals surface area contributed by atoms with Crippen molar-refractivity contribution in [3.05, 3.63) is 107 Å². The number of nitrogens with zero attached hydrogens (tertiary/aromatic N) is 3. The van der Waals surface area contributed by atoms with E-state index in [1.807, 2.05) is 60.8 Å². The highest BCUT2D eigenvalue weighted by molar-refractivity contribution is 5.95. The first-order chi connectivity index (χ1) is 14.7. The number of fused-ring (bicyclic) bond motifs is 2. The SMILES string of the molecule is O=c1c2c(-c3ccncc3)cccc2ccn1CCc1ccc2cccc(F)c2n1. The van der Waals surface area contributed by atoms with Gasteiger partial charge >= 0.3 is 0 Å². The van der Waals surface area contributed by atoms with Crippen molar-refractivity contribution in [1.29, 1.82) is 0 Å². The van der Waals surface area contributed by atoms with Gasteiger partial charge < -0.3 is 4.57 Å². The number of hydrogen-bond acceptors (Lipinski definition) is 3. The maximum absolute atomic E-state index is 14.1. The van der Waals surface area contributed by atoms with Crippen LogP contribution < -0.4 is 5.56 Å². The van der Waals surface area contributed by atoms with E-state index in [1.165, 1.54) is 6.07 Å². The molecule has 0 N–H and O–H groups in total. The fourth-order valence-corrected chi connectivity index (χ4v) is 3.80. The third-order valence-electron chi connectivity index (χ3n) is 5.33. The van der Waals surface area contributed by atoms with Crippen molar-refractivity contribution in [2.24, 2.45) is 0 Å². The molecule has 0 bridgehead atoms. The second-order valence-electron chi connectivity index (χ2n) is 7.18. The molecule has 0 saturated heterocycles. The van der Waals surface area contributed by atoms with E-state index in [9.17, 15) is 9.18 Å². The summed E-state index contributed by atoms with van der Waals surface area (Å²) in [5.74, 6) is -0.334. The van der Waals surface area contributed by atoms with Crippen LogP contribution >= 0.6 is 0 Å². The fraction of sp³-hybridized carbons (Fsp3) is 0.0800. The Labute approximate surface area is 172 Å². The van der Waals surface area contributed by atoms with Gasteiger partial charge in [-0.1, -0.05) is 36.4 Å². The van der Waals surface area contributed by atoms with Crippen LogP contribution in [0.1, 0.15) is 5.69 Å². The van der Waals surface area contributed by atoms with Gasteiger partial charge in [-0.2, -0.15) is 0 Å². The van der Waals surface area contributed by atoms with Crippen LogP contribution in [0.3, 0.4) is 0 Å². The standard InChI is InChI=1S/C25H18FN3O/c26-22-6-2-4-19-7-8-20(28-24(19)22)12-16-29-15-11-18-3-1-5-21(23(18)25(29)30)17-9-13-27-14-10-17/h1-11,13-15H,12,16H2. The van der Waals surface area contributed by atoms with Crippen LogP contribution in [0.4, 0.5) is 4.39 Å². The molecule has 0 aliphatic carbocycles. The summed E-state index contributed by atoms with van der Waals surface area (Å²) < 4.78 is 15.7. The first-order valence-corrected chi connectivity index (χ1v) is 9.77. The van der Waals surface area contributed by atoms with Crippen molar-refractivity contribution in [2.75, 3.05) is 0 Å². The van der Waals surface area contributed by atoms with Crippen molar-refractivity contribution in [1.82, 2.24) is 14.5 Å². The number of hydrogen-bond donors (Lipinski definition) is 0. The Morgan fingerprint density at radius 3 is 2.53 bits per heavy atom. The molecule has 5 heteroatoms. The highest BCUT2D eigenvalue weighted by atomic mass is 19.1. The Hall–Kier alpha value is -3.86. The van der Waals surface area contributed by atoms with Gasteiger partial charge in [0.05, 0.1) is 5.39 Å². The van der Waals surface area contributed by atoms with E-state index >= 15 is 0 Å². The second-order valence-corrected chi connectivity index (χ2v) is 7.18. The monoisotopic (exact) mass is 395 g/mol. The molecule has 0 saturated carbocycles. The number of halogens is 1. The van der Waals surface area contributed by atoms with Crippen LogP contribution in [0.2, 0.25) is 0 Å². The topological polar surface area (TPSA) is 47.8 Å². The summed E-state index contributed by atoms with van der Waals surface area (Å²) in [7, 11) is 0. The molecule has 5 rings (SSSR count). The van der Waals surface area contributed by atoms with Crippen LogP contribution in [-0.2, 0) is 13.0 Å². The Balaban J connectivity index is 1.52. The van der Waals surface area contributed by atoms with Crippen LogP contribution in [0.15, 0.2) is 90.1 Å². The summed E-state index contributed by atoms with van der Waals surface area (Å²) in [5, 5.41) is 2.35. The summed E-state index contributed by atoms with van der Waals surface area (Å²) in [6.07, 6.45) is 5.79. The first kappa shape index (κ1) is 18.2. The molecule has 3 aromatic heterocycles. The van der Waals surface area contributed by atoms with Gasteiger partial charge in [-0.3, -0.25) is 9.78 Å². The zero-order valence-corrected chi connectivity index (χ0v) is 16.1. The Morgan fingerprint density at radius 2 is 1.67 bits per heavy atom. The molecule has 0 amide bonds. The molecule has 4 nitrogen and oxygen atoms in total. The number of pyridine rings is 3. The highest BCUT2D eigenvalue weighted by Crippen LogP contribution is 2.25. The maximum Gasteiger partial charge on any atom is 0.259 e. The van der Waals surface area contributed by atoms with Gasteiger partial charge in [0, 0.05) is 42.6 Å². The maximum atomic E-state index is 14.1. The van der Waals surface area contributed by atoms with Crippen LogP contribution in [0.25, 0.3) is 32.8 Å². The number of rotatable bonds is 4. The van der Waals surface area contributed by atoms with Crippen LogP contribution in [0, 0.1) is 5.82 Å². The van der Waals surface area contributed by atoms with Crippen molar-refractivity contribution < 1.29 is 4.39 Å². The average molecular weight is 395 g/mol. The molecular weight excluding hydrogens is 377 g/mol. The molecule has 0 spiro atoms. The van der Waals surface area contributed by atoms with E-state index in [1.54, 1.807) is 23.0 Å². The number of benzene rings is 2. The van der Waals surface area contributed by atoms with Crippen molar-refractivity contribution in [3.8, 4) is 11.1 Å². The minimum absolute atomic E-state index is 0.0492. The average Bonchev–Trinajstić information content (AvgIpc) is 2.79. The number of aryl methyl sites for hydroxylation is 2. The zero-order valence-electron chi connectivity index (χ0n) is 16.1. The fourth-order valence-electron chi connectivity index (χ4n) is 3.80. The summed E-state index contributed by atoms with van der Waals surface area (Å²) in [6, 6.07) is 20.3. The van der Waals surface area contributed by atoms with Gasteiger partial charge in [-0.15, -0.1) is 0 Å². The molecule has 0 fully saturated rings. The van der Waals surface area contributed by atoms with E-state index in [0.29, 0.717) is 23.9 Å². The predicted molar refractivity (Wildman–Crippen MR) is 117 cm³/mol. The lowest BCUT2D eigenvalue weighted by atomic mass is 10.0. The summed E-state index contributed by atoms with van der Waals surface area (Å²) in [4.78, 5) is 21.8. The molecule has 0 aliphatic heterocycles. The van der Waals surface area contributed by atoms with Gasteiger partial charge in [0.15, 0.2) is 0 Å². The lowest BCUT2D eigenvalue weighted by Gasteiger charge is -2.11. The normalized spacial score (nSPS) is 11.2. The Kier molecular flexibility index (Phi) is 4.56. The van der Waals surface area contributed by atoms with E-state index in [-0.39, 0.29) is 11.4 Å². The molecule has 5 aromatic rings. The van der Waals surface area contributed by atoms with Crippen LogP contribution in [-0.4, -0.2) is 14.5 Å². The first-order valence-electron chi connectivity index (χ1n) is 9.77. The van der Waals surface area contributed by atoms with E-state index < -0.39 is 0 Å². The van der Waals surface area contributed by atoms with E-state index in [2.05, 4.69) is 9.97 Å². The lowest BCUT2D eigenvalue weighted by Crippen LogP contribution is -2.21. The van der Waals surface area contributed by atoms with Crippen molar-refractivity contribution >= 4 is 21.7 Å². The van der Waals surface area contributed by atoms with Gasteiger partial charge in [-0.25, -0.2) is 9.37 Å².